The predicted octanol–water partition coefficient (Wildman–Crippen LogP) is 2.50. The zero-order valence-corrected chi connectivity index (χ0v) is 12.0. The number of piperidine rings is 1. The minimum absolute atomic E-state index is 0.327. The average molecular weight is 263 g/mol. The van der Waals surface area contributed by atoms with Gasteiger partial charge in [0.1, 0.15) is 5.75 Å². The predicted molar refractivity (Wildman–Crippen MR) is 77.7 cm³/mol. The standard InChI is InChI=1S/C16H25NO2/c1-13(15-5-7-16(19-2)8-6-15)10-17-9-3-4-14(11-17)12-18/h5-8,13-14,18H,3-4,9-12H2,1-2H3. The Labute approximate surface area is 116 Å². The number of benzene rings is 1. The summed E-state index contributed by atoms with van der Waals surface area (Å²) >= 11 is 0. The lowest BCUT2D eigenvalue weighted by molar-refractivity contribution is 0.117. The molecular formula is C16H25NO2. The van der Waals surface area contributed by atoms with Gasteiger partial charge in [0, 0.05) is 19.7 Å². The van der Waals surface area contributed by atoms with Crippen LogP contribution in [-0.2, 0) is 0 Å². The second-order valence-electron chi connectivity index (χ2n) is 5.62. The minimum atomic E-state index is 0.327. The largest absolute Gasteiger partial charge is 0.497 e. The molecule has 1 saturated heterocycles. The van der Waals surface area contributed by atoms with Crippen LogP contribution in [0.15, 0.2) is 24.3 Å². The molecule has 2 rings (SSSR count). The quantitative estimate of drug-likeness (QED) is 0.886. The summed E-state index contributed by atoms with van der Waals surface area (Å²) in [7, 11) is 1.70. The van der Waals surface area contributed by atoms with Crippen molar-refractivity contribution in [3.8, 4) is 5.75 Å². The number of hydrogen-bond acceptors (Lipinski definition) is 3. The van der Waals surface area contributed by atoms with E-state index in [9.17, 15) is 5.11 Å². The Morgan fingerprint density at radius 1 is 1.37 bits per heavy atom. The van der Waals surface area contributed by atoms with Crippen LogP contribution in [0, 0.1) is 5.92 Å². The molecule has 0 saturated carbocycles. The monoisotopic (exact) mass is 263 g/mol. The molecule has 0 amide bonds. The lowest BCUT2D eigenvalue weighted by Gasteiger charge is -2.33. The van der Waals surface area contributed by atoms with Gasteiger partial charge in [-0.2, -0.15) is 0 Å². The van der Waals surface area contributed by atoms with Gasteiger partial charge in [-0.05, 0) is 48.9 Å². The van der Waals surface area contributed by atoms with Crippen molar-refractivity contribution in [1.29, 1.82) is 0 Å². The maximum absolute atomic E-state index is 9.28. The zero-order chi connectivity index (χ0) is 13.7. The van der Waals surface area contributed by atoms with Crippen LogP contribution in [0.1, 0.15) is 31.2 Å². The van der Waals surface area contributed by atoms with E-state index < -0.39 is 0 Å². The summed E-state index contributed by atoms with van der Waals surface area (Å²) in [4.78, 5) is 2.49. The fourth-order valence-corrected chi connectivity index (χ4v) is 2.89. The number of hydrogen-bond donors (Lipinski definition) is 1. The maximum Gasteiger partial charge on any atom is 0.118 e. The van der Waals surface area contributed by atoms with Crippen molar-refractivity contribution >= 4 is 0 Å². The summed E-state index contributed by atoms with van der Waals surface area (Å²) < 4.78 is 5.19. The van der Waals surface area contributed by atoms with Crippen LogP contribution in [0.25, 0.3) is 0 Å². The molecule has 0 aromatic heterocycles. The molecule has 2 unspecified atom stereocenters. The molecule has 1 aromatic carbocycles. The number of ether oxygens (including phenoxy) is 1. The van der Waals surface area contributed by atoms with E-state index in [4.69, 9.17) is 4.74 Å². The molecule has 3 heteroatoms. The number of aliphatic hydroxyl groups excluding tert-OH is 1. The first-order chi connectivity index (χ1) is 9.22. The van der Waals surface area contributed by atoms with Gasteiger partial charge in [0.15, 0.2) is 0 Å². The lowest BCUT2D eigenvalue weighted by atomic mass is 9.95. The fourth-order valence-electron chi connectivity index (χ4n) is 2.89. The third-order valence-corrected chi connectivity index (χ3v) is 4.08. The van der Waals surface area contributed by atoms with Crippen LogP contribution in [0.3, 0.4) is 0 Å². The van der Waals surface area contributed by atoms with Gasteiger partial charge in [0.2, 0.25) is 0 Å². The summed E-state index contributed by atoms with van der Waals surface area (Å²) in [6, 6.07) is 8.35. The van der Waals surface area contributed by atoms with Gasteiger partial charge in [-0.25, -0.2) is 0 Å². The highest BCUT2D eigenvalue weighted by Crippen LogP contribution is 2.23. The van der Waals surface area contributed by atoms with Crippen LogP contribution in [0.2, 0.25) is 0 Å². The third-order valence-electron chi connectivity index (χ3n) is 4.08. The third kappa shape index (κ3) is 3.95. The minimum Gasteiger partial charge on any atom is -0.497 e. The number of rotatable bonds is 5. The van der Waals surface area contributed by atoms with E-state index in [0.29, 0.717) is 18.4 Å². The number of methoxy groups -OCH3 is 1. The maximum atomic E-state index is 9.28. The Kier molecular flexibility index (Phi) is 5.23. The molecule has 3 nitrogen and oxygen atoms in total. The normalized spacial score (nSPS) is 22.2. The van der Waals surface area contributed by atoms with Crippen molar-refractivity contribution in [2.24, 2.45) is 5.92 Å². The average Bonchev–Trinajstić information content (AvgIpc) is 2.47. The molecule has 1 fully saturated rings. The van der Waals surface area contributed by atoms with Crippen LogP contribution in [0.4, 0.5) is 0 Å². The van der Waals surface area contributed by atoms with Crippen molar-refractivity contribution < 1.29 is 9.84 Å². The summed E-state index contributed by atoms with van der Waals surface area (Å²) in [6.45, 7) is 5.87. The van der Waals surface area contributed by atoms with Crippen molar-refractivity contribution in [2.45, 2.75) is 25.7 Å². The van der Waals surface area contributed by atoms with Crippen molar-refractivity contribution in [2.75, 3.05) is 33.4 Å². The summed E-state index contributed by atoms with van der Waals surface area (Å²) in [6.07, 6.45) is 2.38. The van der Waals surface area contributed by atoms with Gasteiger partial charge in [-0.15, -0.1) is 0 Å². The number of likely N-dealkylation sites (tertiary alicyclic amines) is 1. The highest BCUT2D eigenvalue weighted by molar-refractivity contribution is 5.29. The Hall–Kier alpha value is -1.06. The van der Waals surface area contributed by atoms with E-state index >= 15 is 0 Å². The van der Waals surface area contributed by atoms with Crippen LogP contribution < -0.4 is 4.74 Å². The van der Waals surface area contributed by atoms with E-state index in [1.807, 2.05) is 12.1 Å². The first-order valence-corrected chi connectivity index (χ1v) is 7.20. The van der Waals surface area contributed by atoms with Gasteiger partial charge in [0.25, 0.3) is 0 Å². The first-order valence-electron chi connectivity index (χ1n) is 7.20. The van der Waals surface area contributed by atoms with Gasteiger partial charge >= 0.3 is 0 Å². The lowest BCUT2D eigenvalue weighted by Crippen LogP contribution is -2.38. The molecule has 0 bridgehead atoms. The topological polar surface area (TPSA) is 32.7 Å². The summed E-state index contributed by atoms with van der Waals surface area (Å²) in [5, 5.41) is 9.28. The van der Waals surface area contributed by atoms with E-state index in [1.54, 1.807) is 7.11 Å². The van der Waals surface area contributed by atoms with E-state index in [0.717, 1.165) is 25.4 Å². The molecule has 19 heavy (non-hydrogen) atoms. The summed E-state index contributed by atoms with van der Waals surface area (Å²) in [5.74, 6) is 1.90. The van der Waals surface area contributed by atoms with Gasteiger partial charge < -0.3 is 14.7 Å². The molecular weight excluding hydrogens is 238 g/mol. The first kappa shape index (κ1) is 14.4. The van der Waals surface area contributed by atoms with Crippen molar-refractivity contribution in [3.05, 3.63) is 29.8 Å². The van der Waals surface area contributed by atoms with Crippen LogP contribution in [0.5, 0.6) is 5.75 Å². The Bertz CT molecular complexity index is 377. The van der Waals surface area contributed by atoms with Crippen LogP contribution >= 0.6 is 0 Å². The molecule has 0 radical (unpaired) electrons. The van der Waals surface area contributed by atoms with Gasteiger partial charge in [-0.3, -0.25) is 0 Å². The second-order valence-corrected chi connectivity index (χ2v) is 5.62. The Balaban J connectivity index is 1.90. The highest BCUT2D eigenvalue weighted by atomic mass is 16.5. The van der Waals surface area contributed by atoms with Crippen molar-refractivity contribution in [3.63, 3.8) is 0 Å². The van der Waals surface area contributed by atoms with Gasteiger partial charge in [0.05, 0.1) is 7.11 Å². The zero-order valence-electron chi connectivity index (χ0n) is 12.0. The summed E-state index contributed by atoms with van der Waals surface area (Å²) in [5.41, 5.74) is 1.35. The second kappa shape index (κ2) is 6.92. The molecule has 1 heterocycles. The van der Waals surface area contributed by atoms with Crippen LogP contribution in [-0.4, -0.2) is 43.4 Å². The Morgan fingerprint density at radius 2 is 2.11 bits per heavy atom. The van der Waals surface area contributed by atoms with Gasteiger partial charge in [-0.1, -0.05) is 19.1 Å². The number of nitrogens with zero attached hydrogens (tertiary/aromatic N) is 1. The number of aliphatic hydroxyl groups is 1. The molecule has 1 aliphatic heterocycles. The molecule has 1 aliphatic rings. The van der Waals surface area contributed by atoms with E-state index in [2.05, 4.69) is 24.0 Å². The smallest absolute Gasteiger partial charge is 0.118 e. The molecule has 1 aromatic rings. The molecule has 0 aliphatic carbocycles. The molecule has 2 atom stereocenters. The fraction of sp³-hybridized carbons (Fsp3) is 0.625. The molecule has 0 spiro atoms. The Morgan fingerprint density at radius 3 is 2.74 bits per heavy atom. The highest BCUT2D eigenvalue weighted by Gasteiger charge is 2.20. The van der Waals surface area contributed by atoms with E-state index in [-0.39, 0.29) is 0 Å². The van der Waals surface area contributed by atoms with E-state index in [1.165, 1.54) is 18.4 Å². The molecule has 106 valence electrons. The molecule has 1 N–H and O–H groups in total. The van der Waals surface area contributed by atoms with Crippen molar-refractivity contribution in [1.82, 2.24) is 4.90 Å². The SMILES string of the molecule is COc1ccc(C(C)CN2CCCC(CO)C2)cc1.